The van der Waals surface area contributed by atoms with Gasteiger partial charge in [0.1, 0.15) is 11.6 Å². The van der Waals surface area contributed by atoms with Crippen LogP contribution in [-0.4, -0.2) is 37.6 Å². The number of guanidine groups is 1. The van der Waals surface area contributed by atoms with E-state index >= 15 is 0 Å². The third-order valence-corrected chi connectivity index (χ3v) is 5.04. The van der Waals surface area contributed by atoms with Crippen LogP contribution in [0.25, 0.3) is 0 Å². The second-order valence-corrected chi connectivity index (χ2v) is 6.88. The number of benzene rings is 2. The molecule has 1 unspecified atom stereocenters. The lowest BCUT2D eigenvalue weighted by atomic mass is 10.0. The highest BCUT2D eigenvalue weighted by Crippen LogP contribution is 2.32. The van der Waals surface area contributed by atoms with Crippen molar-refractivity contribution in [1.82, 2.24) is 4.90 Å². The summed E-state index contributed by atoms with van der Waals surface area (Å²) in [6, 6.07) is 11.9. The Labute approximate surface area is 164 Å². The maximum absolute atomic E-state index is 14.5. The molecule has 0 bridgehead atoms. The summed E-state index contributed by atoms with van der Waals surface area (Å²) in [5, 5.41) is 3.47. The average Bonchev–Trinajstić information content (AvgIpc) is 3.19. The summed E-state index contributed by atoms with van der Waals surface area (Å²) >= 11 is 6.30. The summed E-state index contributed by atoms with van der Waals surface area (Å²) < 4.78 is 19.6. The van der Waals surface area contributed by atoms with Crippen LogP contribution in [0.4, 0.5) is 10.1 Å². The summed E-state index contributed by atoms with van der Waals surface area (Å²) in [5.41, 5.74) is 7.33. The van der Waals surface area contributed by atoms with Gasteiger partial charge in [-0.3, -0.25) is 9.89 Å². The standard InChI is InChI=1S/C20H24ClFN4O/c1-27-15-9-7-14(8-10-15)25-20(23)24-13-18(26-11-2-3-12-26)19-16(21)5-4-6-17(19)22/h4-10,18H,2-3,11-13H2,1H3,(H3,23,24,25). The van der Waals surface area contributed by atoms with Gasteiger partial charge in [-0.15, -0.1) is 0 Å². The molecule has 2 aromatic rings. The Balaban J connectivity index is 1.76. The van der Waals surface area contributed by atoms with E-state index in [1.165, 1.54) is 6.07 Å². The Morgan fingerprint density at radius 1 is 1.26 bits per heavy atom. The van der Waals surface area contributed by atoms with Gasteiger partial charge in [0, 0.05) is 16.3 Å². The first-order valence-electron chi connectivity index (χ1n) is 8.97. The van der Waals surface area contributed by atoms with E-state index in [-0.39, 0.29) is 17.8 Å². The van der Waals surface area contributed by atoms with Gasteiger partial charge in [0.15, 0.2) is 5.96 Å². The zero-order valence-electron chi connectivity index (χ0n) is 15.3. The predicted octanol–water partition coefficient (Wildman–Crippen LogP) is 4.05. The fraction of sp³-hybridized carbons (Fsp3) is 0.350. The molecule has 1 aliphatic rings. The van der Waals surface area contributed by atoms with E-state index in [4.69, 9.17) is 22.1 Å². The summed E-state index contributed by atoms with van der Waals surface area (Å²) in [6.07, 6.45) is 2.18. The number of halogens is 2. The fourth-order valence-electron chi connectivity index (χ4n) is 3.32. The smallest absolute Gasteiger partial charge is 0.193 e. The van der Waals surface area contributed by atoms with Crippen LogP contribution < -0.4 is 15.8 Å². The molecule has 0 saturated carbocycles. The number of nitrogens with one attached hydrogen (secondary N) is 1. The van der Waals surface area contributed by atoms with Crippen molar-refractivity contribution in [2.45, 2.75) is 18.9 Å². The van der Waals surface area contributed by atoms with Crippen molar-refractivity contribution < 1.29 is 9.13 Å². The van der Waals surface area contributed by atoms with E-state index in [1.54, 1.807) is 19.2 Å². The molecule has 27 heavy (non-hydrogen) atoms. The zero-order valence-corrected chi connectivity index (χ0v) is 16.0. The minimum atomic E-state index is -0.309. The van der Waals surface area contributed by atoms with Crippen molar-refractivity contribution in [1.29, 1.82) is 0 Å². The minimum Gasteiger partial charge on any atom is -0.497 e. The molecule has 1 aliphatic heterocycles. The summed E-state index contributed by atoms with van der Waals surface area (Å²) in [6.45, 7) is 2.13. The van der Waals surface area contributed by atoms with Gasteiger partial charge < -0.3 is 15.8 Å². The lowest BCUT2D eigenvalue weighted by Crippen LogP contribution is -2.31. The van der Waals surface area contributed by atoms with E-state index in [9.17, 15) is 4.39 Å². The Hall–Kier alpha value is -2.31. The maximum atomic E-state index is 14.5. The molecule has 1 atom stereocenters. The number of hydrogen-bond acceptors (Lipinski definition) is 3. The molecule has 7 heteroatoms. The number of hydrogen-bond donors (Lipinski definition) is 2. The zero-order chi connectivity index (χ0) is 19.2. The van der Waals surface area contributed by atoms with Gasteiger partial charge in [-0.1, -0.05) is 17.7 Å². The monoisotopic (exact) mass is 390 g/mol. The van der Waals surface area contributed by atoms with Gasteiger partial charge in [-0.25, -0.2) is 4.39 Å². The van der Waals surface area contributed by atoms with Crippen LogP contribution in [0.2, 0.25) is 5.02 Å². The van der Waals surface area contributed by atoms with Crippen LogP contribution in [0.1, 0.15) is 24.4 Å². The Morgan fingerprint density at radius 2 is 1.96 bits per heavy atom. The lowest BCUT2D eigenvalue weighted by Gasteiger charge is -2.27. The highest BCUT2D eigenvalue weighted by molar-refractivity contribution is 6.31. The first-order chi connectivity index (χ1) is 13.1. The summed E-state index contributed by atoms with van der Waals surface area (Å²) in [5.74, 6) is 0.729. The number of methoxy groups -OCH3 is 1. The predicted molar refractivity (Wildman–Crippen MR) is 108 cm³/mol. The van der Waals surface area contributed by atoms with Crippen LogP contribution in [0.5, 0.6) is 5.75 Å². The molecule has 2 aromatic carbocycles. The quantitative estimate of drug-likeness (QED) is 0.577. The third kappa shape index (κ3) is 4.90. The van der Waals surface area contributed by atoms with Crippen molar-refractivity contribution in [2.24, 2.45) is 10.7 Å². The molecule has 0 amide bonds. The molecule has 1 heterocycles. The van der Waals surface area contributed by atoms with Crippen LogP contribution >= 0.6 is 11.6 Å². The maximum Gasteiger partial charge on any atom is 0.193 e. The first-order valence-corrected chi connectivity index (χ1v) is 9.35. The van der Waals surface area contributed by atoms with E-state index in [2.05, 4.69) is 15.2 Å². The SMILES string of the molecule is COc1ccc(NC(N)=NCC(c2c(F)cccc2Cl)N2CCCC2)cc1. The van der Waals surface area contributed by atoms with E-state index in [1.807, 2.05) is 24.3 Å². The van der Waals surface area contributed by atoms with Gasteiger partial charge in [0.25, 0.3) is 0 Å². The van der Waals surface area contributed by atoms with E-state index < -0.39 is 0 Å². The summed E-state index contributed by atoms with van der Waals surface area (Å²) in [7, 11) is 1.62. The molecule has 5 nitrogen and oxygen atoms in total. The molecule has 1 saturated heterocycles. The van der Waals surface area contributed by atoms with Crippen LogP contribution in [0.15, 0.2) is 47.5 Å². The van der Waals surface area contributed by atoms with Crippen molar-refractivity contribution >= 4 is 23.2 Å². The van der Waals surface area contributed by atoms with Gasteiger partial charge >= 0.3 is 0 Å². The summed E-state index contributed by atoms with van der Waals surface area (Å²) in [4.78, 5) is 6.67. The van der Waals surface area contributed by atoms with Crippen LogP contribution in [-0.2, 0) is 0 Å². The number of nitrogens with zero attached hydrogens (tertiary/aromatic N) is 2. The number of ether oxygens (including phenoxy) is 1. The highest BCUT2D eigenvalue weighted by atomic mass is 35.5. The molecule has 3 N–H and O–H groups in total. The fourth-order valence-corrected chi connectivity index (χ4v) is 3.61. The number of nitrogens with two attached hydrogens (primary N) is 1. The van der Waals surface area contributed by atoms with E-state index in [0.29, 0.717) is 17.1 Å². The Kier molecular flexibility index (Phi) is 6.53. The molecular weight excluding hydrogens is 367 g/mol. The van der Waals surface area contributed by atoms with Crippen molar-refractivity contribution in [2.75, 3.05) is 32.1 Å². The average molecular weight is 391 g/mol. The second-order valence-electron chi connectivity index (χ2n) is 6.47. The highest BCUT2D eigenvalue weighted by Gasteiger charge is 2.27. The molecule has 0 aliphatic carbocycles. The molecule has 0 spiro atoms. The molecule has 0 radical (unpaired) electrons. The number of rotatable bonds is 6. The topological polar surface area (TPSA) is 62.9 Å². The Bertz CT molecular complexity index is 771. The molecule has 144 valence electrons. The Morgan fingerprint density at radius 3 is 2.59 bits per heavy atom. The van der Waals surface area contributed by atoms with Crippen molar-refractivity contribution in [3.8, 4) is 5.75 Å². The van der Waals surface area contributed by atoms with Crippen molar-refractivity contribution in [3.63, 3.8) is 0 Å². The van der Waals surface area contributed by atoms with Crippen LogP contribution in [0.3, 0.4) is 0 Å². The number of likely N-dealkylation sites (tertiary alicyclic amines) is 1. The van der Waals surface area contributed by atoms with Gasteiger partial charge in [0.2, 0.25) is 0 Å². The van der Waals surface area contributed by atoms with Gasteiger partial charge in [-0.2, -0.15) is 0 Å². The second kappa shape index (κ2) is 9.06. The molecule has 1 fully saturated rings. The number of anilines is 1. The normalized spacial score (nSPS) is 16.3. The molecule has 3 rings (SSSR count). The largest absolute Gasteiger partial charge is 0.497 e. The van der Waals surface area contributed by atoms with Crippen molar-refractivity contribution in [3.05, 3.63) is 58.9 Å². The first kappa shape index (κ1) is 19.5. The van der Waals surface area contributed by atoms with E-state index in [0.717, 1.165) is 37.4 Å². The molecular formula is C20H24ClFN4O. The molecule has 0 aromatic heterocycles. The van der Waals surface area contributed by atoms with Gasteiger partial charge in [-0.05, 0) is 62.3 Å². The number of aliphatic imine (C=N–C) groups is 1. The minimum absolute atomic E-state index is 0.239. The lowest BCUT2D eigenvalue weighted by molar-refractivity contribution is 0.246. The van der Waals surface area contributed by atoms with Gasteiger partial charge in [0.05, 0.1) is 19.7 Å². The third-order valence-electron chi connectivity index (χ3n) is 4.71. The van der Waals surface area contributed by atoms with Crippen LogP contribution in [0, 0.1) is 5.82 Å².